The maximum absolute atomic E-state index is 9.48. The summed E-state index contributed by atoms with van der Waals surface area (Å²) in [4.78, 5) is 0. The molecule has 13 heavy (non-hydrogen) atoms. The monoisotopic (exact) mass is 208 g/mol. The summed E-state index contributed by atoms with van der Waals surface area (Å²) >= 11 is 1.51. The van der Waals surface area contributed by atoms with Crippen LogP contribution in [0.25, 0.3) is 0 Å². The van der Waals surface area contributed by atoms with Gasteiger partial charge in [0, 0.05) is 11.5 Å². The van der Waals surface area contributed by atoms with Crippen LogP contribution >= 0.6 is 11.8 Å². The third kappa shape index (κ3) is 2.82. The minimum Gasteiger partial charge on any atom is -0.396 e. The molecule has 0 aromatic heterocycles. The van der Waals surface area contributed by atoms with E-state index in [0.29, 0.717) is 11.5 Å². The molecule has 5 heteroatoms. The van der Waals surface area contributed by atoms with Crippen molar-refractivity contribution in [2.24, 2.45) is 0 Å². The summed E-state index contributed by atoms with van der Waals surface area (Å²) in [6.07, 6.45) is -2.17. The molecule has 1 aliphatic heterocycles. The van der Waals surface area contributed by atoms with Gasteiger partial charge in [-0.05, 0) is 6.92 Å². The van der Waals surface area contributed by atoms with Crippen LogP contribution in [0.3, 0.4) is 0 Å². The van der Waals surface area contributed by atoms with Crippen LogP contribution in [-0.2, 0) is 4.74 Å². The van der Waals surface area contributed by atoms with Crippen molar-refractivity contribution < 1.29 is 20.1 Å². The SMILES string of the molecule is C[C@@H]1O[C@H](CSCCO)C(O)C1O. The first-order chi connectivity index (χ1) is 6.16. The quantitative estimate of drug-likeness (QED) is 0.529. The first kappa shape index (κ1) is 11.3. The molecule has 1 saturated heterocycles. The number of hydrogen-bond donors (Lipinski definition) is 3. The first-order valence-electron chi connectivity index (χ1n) is 4.37. The molecule has 0 aliphatic carbocycles. The first-order valence-corrected chi connectivity index (χ1v) is 5.52. The molecule has 1 heterocycles. The Bertz CT molecular complexity index is 155. The summed E-state index contributed by atoms with van der Waals surface area (Å²) in [5.41, 5.74) is 0. The van der Waals surface area contributed by atoms with Gasteiger partial charge in [0.2, 0.25) is 0 Å². The number of rotatable bonds is 4. The van der Waals surface area contributed by atoms with E-state index in [9.17, 15) is 10.2 Å². The van der Waals surface area contributed by atoms with E-state index < -0.39 is 12.2 Å². The molecule has 0 spiro atoms. The Labute approximate surface area is 81.9 Å². The van der Waals surface area contributed by atoms with Crippen molar-refractivity contribution in [1.82, 2.24) is 0 Å². The summed E-state index contributed by atoms with van der Waals surface area (Å²) in [5.74, 6) is 1.25. The van der Waals surface area contributed by atoms with Gasteiger partial charge in [-0.15, -0.1) is 0 Å². The van der Waals surface area contributed by atoms with E-state index in [0.717, 1.165) is 0 Å². The molecule has 4 atom stereocenters. The van der Waals surface area contributed by atoms with Crippen LogP contribution in [0.15, 0.2) is 0 Å². The normalized spacial score (nSPS) is 39.7. The molecule has 4 nitrogen and oxygen atoms in total. The van der Waals surface area contributed by atoms with E-state index in [1.807, 2.05) is 0 Å². The van der Waals surface area contributed by atoms with E-state index in [1.54, 1.807) is 6.92 Å². The van der Waals surface area contributed by atoms with Gasteiger partial charge in [-0.3, -0.25) is 0 Å². The summed E-state index contributed by atoms with van der Waals surface area (Å²) in [5, 5.41) is 27.4. The Hall–Kier alpha value is 0.190. The van der Waals surface area contributed by atoms with E-state index in [1.165, 1.54) is 11.8 Å². The number of thioether (sulfide) groups is 1. The molecule has 0 bridgehead atoms. The van der Waals surface area contributed by atoms with Crippen LogP contribution in [0.2, 0.25) is 0 Å². The molecule has 2 unspecified atom stereocenters. The molecule has 0 aromatic carbocycles. The van der Waals surface area contributed by atoms with Crippen molar-refractivity contribution in [2.45, 2.75) is 31.3 Å². The lowest BCUT2D eigenvalue weighted by Crippen LogP contribution is -2.32. The minimum absolute atomic E-state index is 0.131. The largest absolute Gasteiger partial charge is 0.396 e. The molecule has 1 rings (SSSR count). The Kier molecular flexibility index (Phi) is 4.48. The molecule has 0 aromatic rings. The van der Waals surface area contributed by atoms with Gasteiger partial charge in [0.25, 0.3) is 0 Å². The van der Waals surface area contributed by atoms with Gasteiger partial charge in [-0.2, -0.15) is 11.8 Å². The highest BCUT2D eigenvalue weighted by Crippen LogP contribution is 2.23. The van der Waals surface area contributed by atoms with Crippen molar-refractivity contribution in [3.8, 4) is 0 Å². The number of aliphatic hydroxyl groups excluding tert-OH is 3. The maximum atomic E-state index is 9.48. The van der Waals surface area contributed by atoms with Gasteiger partial charge in [0.1, 0.15) is 12.2 Å². The predicted molar refractivity (Wildman–Crippen MR) is 50.8 cm³/mol. The van der Waals surface area contributed by atoms with E-state index >= 15 is 0 Å². The predicted octanol–water partition coefficient (Wildman–Crippen LogP) is -0.779. The van der Waals surface area contributed by atoms with Crippen LogP contribution in [0, 0.1) is 0 Å². The summed E-state index contributed by atoms with van der Waals surface area (Å²) in [6, 6.07) is 0. The van der Waals surface area contributed by atoms with E-state index in [2.05, 4.69) is 0 Å². The Morgan fingerprint density at radius 3 is 2.46 bits per heavy atom. The van der Waals surface area contributed by atoms with Gasteiger partial charge in [0.15, 0.2) is 0 Å². The second-order valence-electron chi connectivity index (χ2n) is 3.16. The zero-order valence-corrected chi connectivity index (χ0v) is 8.41. The van der Waals surface area contributed by atoms with Crippen LogP contribution in [0.4, 0.5) is 0 Å². The molecule has 3 N–H and O–H groups in total. The number of ether oxygens (including phenoxy) is 1. The lowest BCUT2D eigenvalue weighted by molar-refractivity contribution is 0.0302. The van der Waals surface area contributed by atoms with Crippen LogP contribution in [-0.4, -0.2) is 57.8 Å². The third-order valence-corrected chi connectivity index (χ3v) is 3.15. The smallest absolute Gasteiger partial charge is 0.109 e. The molecule has 1 fully saturated rings. The van der Waals surface area contributed by atoms with Crippen molar-refractivity contribution in [3.05, 3.63) is 0 Å². The third-order valence-electron chi connectivity index (χ3n) is 2.12. The molecule has 1 aliphatic rings. The van der Waals surface area contributed by atoms with E-state index in [-0.39, 0.29) is 18.8 Å². The highest BCUT2D eigenvalue weighted by Gasteiger charge is 2.39. The van der Waals surface area contributed by atoms with Gasteiger partial charge in [-0.1, -0.05) is 0 Å². The van der Waals surface area contributed by atoms with Crippen molar-refractivity contribution in [2.75, 3.05) is 18.1 Å². The van der Waals surface area contributed by atoms with Gasteiger partial charge in [0.05, 0.1) is 18.8 Å². The zero-order valence-electron chi connectivity index (χ0n) is 7.59. The van der Waals surface area contributed by atoms with Crippen molar-refractivity contribution in [1.29, 1.82) is 0 Å². The van der Waals surface area contributed by atoms with Gasteiger partial charge < -0.3 is 20.1 Å². The Morgan fingerprint density at radius 1 is 1.31 bits per heavy atom. The molecular weight excluding hydrogens is 192 g/mol. The van der Waals surface area contributed by atoms with Crippen molar-refractivity contribution in [3.63, 3.8) is 0 Å². The van der Waals surface area contributed by atoms with Gasteiger partial charge in [-0.25, -0.2) is 0 Å². The zero-order chi connectivity index (χ0) is 9.84. The lowest BCUT2D eigenvalue weighted by Gasteiger charge is -2.13. The maximum Gasteiger partial charge on any atom is 0.109 e. The molecule has 0 saturated carbocycles. The lowest BCUT2D eigenvalue weighted by atomic mass is 10.1. The second-order valence-corrected chi connectivity index (χ2v) is 4.31. The molecule has 0 radical (unpaired) electrons. The Balaban J connectivity index is 2.27. The summed E-state index contributed by atoms with van der Waals surface area (Å²) in [6.45, 7) is 1.87. The summed E-state index contributed by atoms with van der Waals surface area (Å²) < 4.78 is 5.33. The summed E-state index contributed by atoms with van der Waals surface area (Å²) in [7, 11) is 0. The minimum atomic E-state index is -0.791. The fraction of sp³-hybridized carbons (Fsp3) is 1.00. The molecule has 78 valence electrons. The molecule has 0 amide bonds. The second kappa shape index (κ2) is 5.17. The van der Waals surface area contributed by atoms with Gasteiger partial charge >= 0.3 is 0 Å². The number of hydrogen-bond acceptors (Lipinski definition) is 5. The fourth-order valence-electron chi connectivity index (χ4n) is 1.34. The fourth-order valence-corrected chi connectivity index (χ4v) is 2.14. The van der Waals surface area contributed by atoms with Crippen LogP contribution in [0.1, 0.15) is 6.92 Å². The highest BCUT2D eigenvalue weighted by molar-refractivity contribution is 7.99. The Morgan fingerprint density at radius 2 is 2.00 bits per heavy atom. The van der Waals surface area contributed by atoms with Crippen LogP contribution < -0.4 is 0 Å². The number of aliphatic hydroxyl groups is 3. The average molecular weight is 208 g/mol. The van der Waals surface area contributed by atoms with Crippen molar-refractivity contribution >= 4 is 11.8 Å². The van der Waals surface area contributed by atoms with Crippen LogP contribution in [0.5, 0.6) is 0 Å². The standard InChI is InChI=1S/C8H16O4S/c1-5-7(10)8(11)6(12-5)4-13-3-2-9/h5-11H,2-4H2,1H3/t5-,6+,7?,8?/m0/s1. The average Bonchev–Trinajstić information content (AvgIpc) is 2.34. The molecular formula is C8H16O4S. The van der Waals surface area contributed by atoms with E-state index in [4.69, 9.17) is 9.84 Å². The highest BCUT2D eigenvalue weighted by atomic mass is 32.2. The topological polar surface area (TPSA) is 69.9 Å².